The standard InChI is InChI=1S/C29H33N3O3/c33-29(24-7-4-8-28(21-24)34-22-23-5-2-1-3-6-23)32-17-11-25(12-18-32)31-19-13-27(14-20-31)35-26-9-15-30-16-10-26/h1-10,15-16,21,25,27H,11-14,17-20,22H2. The molecule has 0 radical (unpaired) electrons. The van der Waals surface area contributed by atoms with Crippen LogP contribution in [0.15, 0.2) is 79.1 Å². The quantitative estimate of drug-likeness (QED) is 0.495. The average molecular weight is 472 g/mol. The van der Waals surface area contributed by atoms with Crippen LogP contribution in [0.2, 0.25) is 0 Å². The molecule has 0 saturated carbocycles. The van der Waals surface area contributed by atoms with Crippen molar-refractivity contribution in [3.05, 3.63) is 90.3 Å². The Morgan fingerprint density at radius 2 is 1.57 bits per heavy atom. The summed E-state index contributed by atoms with van der Waals surface area (Å²) in [4.78, 5) is 21.8. The minimum atomic E-state index is 0.0954. The van der Waals surface area contributed by atoms with Gasteiger partial charge in [0, 0.05) is 50.2 Å². The van der Waals surface area contributed by atoms with Crippen LogP contribution in [-0.2, 0) is 6.61 Å². The third-order valence-corrected chi connectivity index (χ3v) is 7.03. The van der Waals surface area contributed by atoms with Crippen molar-refractivity contribution in [2.45, 2.75) is 44.4 Å². The predicted molar refractivity (Wildman–Crippen MR) is 136 cm³/mol. The molecule has 0 bridgehead atoms. The summed E-state index contributed by atoms with van der Waals surface area (Å²) in [5, 5.41) is 0. The van der Waals surface area contributed by atoms with E-state index < -0.39 is 0 Å². The summed E-state index contributed by atoms with van der Waals surface area (Å²) in [6.07, 6.45) is 7.93. The summed E-state index contributed by atoms with van der Waals surface area (Å²) in [7, 11) is 0. The Bertz CT molecular complexity index is 1080. The lowest BCUT2D eigenvalue weighted by molar-refractivity contribution is 0.0425. The number of piperidine rings is 2. The number of carbonyl (C=O) groups excluding carboxylic acids is 1. The number of hydrogen-bond acceptors (Lipinski definition) is 5. The first-order valence-electron chi connectivity index (χ1n) is 12.6. The number of likely N-dealkylation sites (tertiary alicyclic amines) is 2. The molecule has 0 N–H and O–H groups in total. The molecule has 2 aliphatic rings. The number of pyridine rings is 1. The van der Waals surface area contributed by atoms with Gasteiger partial charge >= 0.3 is 0 Å². The van der Waals surface area contributed by atoms with E-state index in [4.69, 9.17) is 9.47 Å². The second-order valence-electron chi connectivity index (χ2n) is 9.36. The number of rotatable bonds is 7. The Hall–Kier alpha value is -3.38. The molecule has 0 aliphatic carbocycles. The molecular formula is C29H33N3O3. The van der Waals surface area contributed by atoms with E-state index in [0.29, 0.717) is 18.2 Å². The fourth-order valence-corrected chi connectivity index (χ4v) is 5.04. The van der Waals surface area contributed by atoms with E-state index in [1.807, 2.05) is 71.6 Å². The molecule has 0 spiro atoms. The van der Waals surface area contributed by atoms with Crippen LogP contribution in [0.5, 0.6) is 11.5 Å². The predicted octanol–water partition coefficient (Wildman–Crippen LogP) is 4.81. The number of ether oxygens (including phenoxy) is 2. The number of nitrogens with zero attached hydrogens (tertiary/aromatic N) is 3. The van der Waals surface area contributed by atoms with Gasteiger partial charge in [0.1, 0.15) is 24.2 Å². The van der Waals surface area contributed by atoms with Gasteiger partial charge in [-0.25, -0.2) is 0 Å². The second kappa shape index (κ2) is 11.4. The maximum atomic E-state index is 13.2. The molecule has 1 amide bonds. The van der Waals surface area contributed by atoms with E-state index in [-0.39, 0.29) is 12.0 Å². The number of carbonyl (C=O) groups is 1. The SMILES string of the molecule is O=C(c1cccc(OCc2ccccc2)c1)N1CCC(N2CCC(Oc3ccncc3)CC2)CC1. The molecule has 2 aromatic carbocycles. The monoisotopic (exact) mass is 471 g/mol. The summed E-state index contributed by atoms with van der Waals surface area (Å²) in [5.41, 5.74) is 1.81. The first-order chi connectivity index (χ1) is 17.2. The van der Waals surface area contributed by atoms with Gasteiger partial charge in [0.15, 0.2) is 0 Å². The normalized spacial score (nSPS) is 17.8. The fraction of sp³-hybridized carbons (Fsp3) is 0.379. The highest BCUT2D eigenvalue weighted by atomic mass is 16.5. The van der Waals surface area contributed by atoms with Gasteiger partial charge in [0.05, 0.1) is 0 Å². The maximum absolute atomic E-state index is 13.2. The zero-order valence-corrected chi connectivity index (χ0v) is 20.1. The Balaban J connectivity index is 1.08. The van der Waals surface area contributed by atoms with E-state index in [0.717, 1.165) is 68.9 Å². The zero-order chi connectivity index (χ0) is 23.9. The Labute approximate surface area is 207 Å². The number of amides is 1. The summed E-state index contributed by atoms with van der Waals surface area (Å²) < 4.78 is 12.0. The minimum absolute atomic E-state index is 0.0954. The molecule has 0 unspecified atom stereocenters. The lowest BCUT2D eigenvalue weighted by Gasteiger charge is -2.41. The van der Waals surface area contributed by atoms with Crippen LogP contribution in [0.25, 0.3) is 0 Å². The Kier molecular flexibility index (Phi) is 7.59. The third kappa shape index (κ3) is 6.20. The Morgan fingerprint density at radius 1 is 0.829 bits per heavy atom. The first kappa shape index (κ1) is 23.4. The molecule has 6 nitrogen and oxygen atoms in total. The van der Waals surface area contributed by atoms with Gasteiger partial charge < -0.3 is 14.4 Å². The van der Waals surface area contributed by atoms with E-state index in [1.165, 1.54) is 0 Å². The highest BCUT2D eigenvalue weighted by molar-refractivity contribution is 5.94. The van der Waals surface area contributed by atoms with Crippen molar-refractivity contribution in [1.82, 2.24) is 14.8 Å². The summed E-state index contributed by atoms with van der Waals surface area (Å²) >= 11 is 0. The maximum Gasteiger partial charge on any atom is 0.253 e. The topological polar surface area (TPSA) is 54.9 Å². The van der Waals surface area contributed by atoms with E-state index in [9.17, 15) is 4.79 Å². The molecule has 6 heteroatoms. The highest BCUT2D eigenvalue weighted by Crippen LogP contribution is 2.25. The van der Waals surface area contributed by atoms with Crippen molar-refractivity contribution in [2.75, 3.05) is 26.2 Å². The average Bonchev–Trinajstić information content (AvgIpc) is 2.93. The van der Waals surface area contributed by atoms with Crippen LogP contribution in [0.4, 0.5) is 0 Å². The molecule has 3 aromatic rings. The number of hydrogen-bond donors (Lipinski definition) is 0. The zero-order valence-electron chi connectivity index (χ0n) is 20.1. The van der Waals surface area contributed by atoms with E-state index >= 15 is 0 Å². The molecule has 5 rings (SSSR count). The van der Waals surface area contributed by atoms with Crippen LogP contribution in [0, 0.1) is 0 Å². The van der Waals surface area contributed by atoms with E-state index in [2.05, 4.69) is 9.88 Å². The lowest BCUT2D eigenvalue weighted by atomic mass is 9.98. The second-order valence-corrected chi connectivity index (χ2v) is 9.36. The molecule has 182 valence electrons. The van der Waals surface area contributed by atoms with Crippen LogP contribution in [0.1, 0.15) is 41.6 Å². The summed E-state index contributed by atoms with van der Waals surface area (Å²) in [5.74, 6) is 1.73. The molecule has 0 atom stereocenters. The van der Waals surface area contributed by atoms with Gasteiger partial charge in [-0.1, -0.05) is 36.4 Å². The van der Waals surface area contributed by atoms with Gasteiger partial charge in [-0.05, 0) is 61.6 Å². The lowest BCUT2D eigenvalue weighted by Crippen LogP contribution is -2.50. The number of aromatic nitrogens is 1. The third-order valence-electron chi connectivity index (χ3n) is 7.03. The molecular weight excluding hydrogens is 438 g/mol. The molecule has 3 heterocycles. The van der Waals surface area contributed by atoms with Crippen molar-refractivity contribution in [3.63, 3.8) is 0 Å². The Morgan fingerprint density at radius 3 is 2.31 bits per heavy atom. The molecule has 2 fully saturated rings. The van der Waals surface area contributed by atoms with Crippen LogP contribution in [0.3, 0.4) is 0 Å². The van der Waals surface area contributed by atoms with Gasteiger partial charge in [-0.2, -0.15) is 0 Å². The molecule has 1 aromatic heterocycles. The van der Waals surface area contributed by atoms with Crippen molar-refractivity contribution in [2.24, 2.45) is 0 Å². The smallest absolute Gasteiger partial charge is 0.253 e. The largest absolute Gasteiger partial charge is 0.490 e. The number of benzene rings is 2. The van der Waals surface area contributed by atoms with Crippen molar-refractivity contribution < 1.29 is 14.3 Å². The molecule has 2 saturated heterocycles. The van der Waals surface area contributed by atoms with Gasteiger partial charge in [-0.15, -0.1) is 0 Å². The van der Waals surface area contributed by atoms with Crippen LogP contribution < -0.4 is 9.47 Å². The molecule has 35 heavy (non-hydrogen) atoms. The van der Waals surface area contributed by atoms with Crippen LogP contribution in [-0.4, -0.2) is 59.0 Å². The van der Waals surface area contributed by atoms with Gasteiger partial charge in [0.2, 0.25) is 0 Å². The van der Waals surface area contributed by atoms with Crippen molar-refractivity contribution in [1.29, 1.82) is 0 Å². The minimum Gasteiger partial charge on any atom is -0.490 e. The van der Waals surface area contributed by atoms with Gasteiger partial charge in [-0.3, -0.25) is 14.7 Å². The summed E-state index contributed by atoms with van der Waals surface area (Å²) in [6, 6.07) is 22.0. The first-order valence-corrected chi connectivity index (χ1v) is 12.6. The van der Waals surface area contributed by atoms with Crippen molar-refractivity contribution >= 4 is 5.91 Å². The fourth-order valence-electron chi connectivity index (χ4n) is 5.04. The highest BCUT2D eigenvalue weighted by Gasteiger charge is 2.30. The van der Waals surface area contributed by atoms with E-state index in [1.54, 1.807) is 12.4 Å². The molecule has 2 aliphatic heterocycles. The van der Waals surface area contributed by atoms with Crippen molar-refractivity contribution in [3.8, 4) is 11.5 Å². The summed E-state index contributed by atoms with van der Waals surface area (Å²) in [6.45, 7) is 4.19. The van der Waals surface area contributed by atoms with Gasteiger partial charge in [0.25, 0.3) is 5.91 Å². The van der Waals surface area contributed by atoms with Crippen LogP contribution >= 0.6 is 0 Å².